The second-order valence-electron chi connectivity index (χ2n) is 8.02. The number of fused-ring (bicyclic) bond motifs is 1. The molecule has 0 amide bonds. The molecule has 162 valence electrons. The van der Waals surface area contributed by atoms with Gasteiger partial charge in [-0.15, -0.1) is 0 Å². The van der Waals surface area contributed by atoms with Crippen LogP contribution in [-0.4, -0.2) is 27.9 Å². The first-order chi connectivity index (χ1) is 15.0. The molecule has 1 saturated carbocycles. The molecule has 0 saturated heterocycles. The van der Waals surface area contributed by atoms with Gasteiger partial charge in [0.2, 0.25) is 0 Å². The van der Waals surface area contributed by atoms with Crippen molar-refractivity contribution in [2.45, 2.75) is 50.7 Å². The monoisotopic (exact) mass is 455 g/mol. The summed E-state index contributed by atoms with van der Waals surface area (Å²) < 4.78 is 7.11. The van der Waals surface area contributed by atoms with Gasteiger partial charge in [-0.05, 0) is 67.8 Å². The van der Waals surface area contributed by atoms with Gasteiger partial charge in [0.25, 0.3) is 5.91 Å². The molecule has 0 atom stereocenters. The molecule has 1 aliphatic carbocycles. The summed E-state index contributed by atoms with van der Waals surface area (Å²) in [5.41, 5.74) is 3.02. The molecule has 4 nitrogen and oxygen atoms in total. The van der Waals surface area contributed by atoms with Crippen molar-refractivity contribution in [2.24, 2.45) is 0 Å². The van der Waals surface area contributed by atoms with Crippen LogP contribution >= 0.6 is 23.4 Å². The Kier molecular flexibility index (Phi) is 6.73. The summed E-state index contributed by atoms with van der Waals surface area (Å²) in [6.45, 7) is 1.91. The van der Waals surface area contributed by atoms with Crippen LogP contribution in [0.4, 0.5) is 0 Å². The Morgan fingerprint density at radius 1 is 1.10 bits per heavy atom. The van der Waals surface area contributed by atoms with E-state index in [9.17, 15) is 9.59 Å². The fraction of sp³-hybridized carbons (Fsp3) is 0.360. The predicted octanol–water partition coefficient (Wildman–Crippen LogP) is 6.44. The molecule has 0 unspecified atom stereocenters. The third kappa shape index (κ3) is 4.68. The van der Waals surface area contributed by atoms with Crippen molar-refractivity contribution in [2.75, 3.05) is 7.11 Å². The number of halogens is 1. The highest BCUT2D eigenvalue weighted by Gasteiger charge is 2.24. The van der Waals surface area contributed by atoms with Crippen LogP contribution in [0.3, 0.4) is 0 Å². The van der Waals surface area contributed by atoms with Crippen molar-refractivity contribution < 1.29 is 14.3 Å². The van der Waals surface area contributed by atoms with Crippen molar-refractivity contribution in [3.63, 3.8) is 0 Å². The highest BCUT2D eigenvalue weighted by Crippen LogP contribution is 2.34. The van der Waals surface area contributed by atoms with E-state index in [1.807, 2.05) is 25.1 Å². The van der Waals surface area contributed by atoms with Gasteiger partial charge < -0.3 is 4.74 Å². The molecule has 3 aromatic rings. The summed E-state index contributed by atoms with van der Waals surface area (Å²) in [5.74, 6) is 0.570. The van der Waals surface area contributed by atoms with Crippen molar-refractivity contribution in [3.8, 4) is 5.75 Å². The summed E-state index contributed by atoms with van der Waals surface area (Å²) in [5, 5.41) is 2.05. The van der Waals surface area contributed by atoms with Crippen molar-refractivity contribution in [1.82, 2.24) is 4.57 Å². The van der Waals surface area contributed by atoms with E-state index in [2.05, 4.69) is 0 Å². The lowest BCUT2D eigenvalue weighted by Gasteiger charge is -2.20. The lowest BCUT2D eigenvalue weighted by Crippen LogP contribution is -2.15. The molecule has 0 spiro atoms. The lowest BCUT2D eigenvalue weighted by molar-refractivity contribution is -0.110. The van der Waals surface area contributed by atoms with E-state index in [0.29, 0.717) is 28.0 Å². The topological polar surface area (TPSA) is 48.3 Å². The van der Waals surface area contributed by atoms with E-state index in [4.69, 9.17) is 16.3 Å². The number of carbonyl (C=O) groups is 2. The van der Waals surface area contributed by atoms with Crippen LogP contribution in [-0.2, 0) is 11.2 Å². The second-order valence-corrected chi connectivity index (χ2v) is 9.82. The molecule has 0 aliphatic heterocycles. The maximum absolute atomic E-state index is 13.4. The van der Waals surface area contributed by atoms with Crippen LogP contribution in [0.2, 0.25) is 5.02 Å². The Hall–Kier alpha value is -2.24. The van der Waals surface area contributed by atoms with Gasteiger partial charge in [-0.3, -0.25) is 14.2 Å². The summed E-state index contributed by atoms with van der Waals surface area (Å²) in [7, 11) is 1.62. The second kappa shape index (κ2) is 9.49. The molecule has 2 aromatic carbocycles. The van der Waals surface area contributed by atoms with Gasteiger partial charge in [-0.25, -0.2) is 0 Å². The number of thioether (sulfide) groups is 1. The summed E-state index contributed by atoms with van der Waals surface area (Å²) in [6.07, 6.45) is 6.20. The highest BCUT2D eigenvalue weighted by atomic mass is 35.5. The number of carbonyl (C=O) groups excluding carboxylic acids is 2. The Bertz CT molecular complexity index is 1110. The predicted molar refractivity (Wildman–Crippen MR) is 128 cm³/mol. The molecule has 1 aliphatic rings. The van der Waals surface area contributed by atoms with E-state index in [1.165, 1.54) is 31.0 Å². The van der Waals surface area contributed by atoms with Gasteiger partial charge in [0.1, 0.15) is 5.75 Å². The molecular formula is C25H26ClNO3S. The standard InChI is InChI=1S/C25H26ClNO3S/c1-16-21(15-24(28)31-20-6-4-3-5-7-20)22-14-19(30-2)12-13-23(22)27(16)25(29)17-8-10-18(26)11-9-17/h8-14,20H,3-7,15H2,1-2H3. The molecular weight excluding hydrogens is 430 g/mol. The maximum Gasteiger partial charge on any atom is 0.262 e. The molecule has 1 fully saturated rings. The van der Waals surface area contributed by atoms with Gasteiger partial charge in [-0.2, -0.15) is 0 Å². The summed E-state index contributed by atoms with van der Waals surface area (Å²) in [6, 6.07) is 12.5. The largest absolute Gasteiger partial charge is 0.497 e. The van der Waals surface area contributed by atoms with Gasteiger partial charge >= 0.3 is 0 Å². The molecule has 0 bridgehead atoms. The van der Waals surface area contributed by atoms with Crippen LogP contribution in [0.25, 0.3) is 10.9 Å². The normalized spacial score (nSPS) is 14.7. The molecule has 6 heteroatoms. The molecule has 0 radical (unpaired) electrons. The quantitative estimate of drug-likeness (QED) is 0.444. The van der Waals surface area contributed by atoms with Crippen LogP contribution in [0.5, 0.6) is 5.75 Å². The number of benzene rings is 2. The first-order valence-electron chi connectivity index (χ1n) is 10.7. The average molecular weight is 456 g/mol. The minimum Gasteiger partial charge on any atom is -0.497 e. The lowest BCUT2D eigenvalue weighted by atomic mass is 10.0. The number of hydrogen-bond acceptors (Lipinski definition) is 4. The van der Waals surface area contributed by atoms with E-state index < -0.39 is 0 Å². The third-order valence-electron chi connectivity index (χ3n) is 6.01. The number of aromatic nitrogens is 1. The first-order valence-corrected chi connectivity index (χ1v) is 11.9. The van der Waals surface area contributed by atoms with Gasteiger partial charge in [0.05, 0.1) is 12.6 Å². The molecule has 0 N–H and O–H groups in total. The zero-order valence-corrected chi connectivity index (χ0v) is 19.4. The van der Waals surface area contributed by atoms with E-state index in [1.54, 1.807) is 35.9 Å². The Morgan fingerprint density at radius 2 is 1.81 bits per heavy atom. The first kappa shape index (κ1) is 22.0. The average Bonchev–Trinajstić information content (AvgIpc) is 3.05. The van der Waals surface area contributed by atoms with E-state index in [0.717, 1.165) is 35.0 Å². The van der Waals surface area contributed by atoms with Crippen molar-refractivity contribution in [3.05, 3.63) is 64.3 Å². The van der Waals surface area contributed by atoms with Crippen LogP contribution in [0.1, 0.15) is 53.7 Å². The van der Waals surface area contributed by atoms with Crippen molar-refractivity contribution >= 4 is 45.3 Å². The number of nitrogens with zero attached hydrogens (tertiary/aromatic N) is 1. The molecule has 4 rings (SSSR count). The number of rotatable bonds is 5. The van der Waals surface area contributed by atoms with E-state index in [-0.39, 0.29) is 11.0 Å². The molecule has 31 heavy (non-hydrogen) atoms. The zero-order valence-electron chi connectivity index (χ0n) is 17.8. The Labute approximate surface area is 191 Å². The number of ether oxygens (including phenoxy) is 1. The third-order valence-corrected chi connectivity index (χ3v) is 7.47. The van der Waals surface area contributed by atoms with Gasteiger partial charge in [0, 0.05) is 33.3 Å². The Morgan fingerprint density at radius 3 is 2.48 bits per heavy atom. The van der Waals surface area contributed by atoms with Gasteiger partial charge in [-0.1, -0.05) is 42.6 Å². The zero-order chi connectivity index (χ0) is 22.0. The van der Waals surface area contributed by atoms with Crippen LogP contribution < -0.4 is 4.74 Å². The van der Waals surface area contributed by atoms with Gasteiger partial charge in [0.15, 0.2) is 5.12 Å². The van der Waals surface area contributed by atoms with Crippen LogP contribution in [0, 0.1) is 6.92 Å². The number of hydrogen-bond donors (Lipinski definition) is 0. The van der Waals surface area contributed by atoms with E-state index >= 15 is 0 Å². The highest BCUT2D eigenvalue weighted by molar-refractivity contribution is 8.14. The minimum atomic E-state index is -0.136. The molecule has 1 heterocycles. The van der Waals surface area contributed by atoms with Crippen molar-refractivity contribution in [1.29, 1.82) is 0 Å². The fourth-order valence-electron chi connectivity index (χ4n) is 4.35. The minimum absolute atomic E-state index is 0.136. The summed E-state index contributed by atoms with van der Waals surface area (Å²) >= 11 is 7.47. The smallest absolute Gasteiger partial charge is 0.262 e. The molecule has 1 aromatic heterocycles. The number of methoxy groups -OCH3 is 1. The Balaban J connectivity index is 1.72. The SMILES string of the molecule is COc1ccc2c(c1)c(CC(=O)SC1CCCCC1)c(C)n2C(=O)c1ccc(Cl)cc1. The summed E-state index contributed by atoms with van der Waals surface area (Å²) in [4.78, 5) is 26.3. The fourth-order valence-corrected chi connectivity index (χ4v) is 5.65. The van der Waals surface area contributed by atoms with Crippen LogP contribution in [0.15, 0.2) is 42.5 Å². The maximum atomic E-state index is 13.4.